The van der Waals surface area contributed by atoms with Crippen molar-refractivity contribution >= 4 is 11.9 Å². The van der Waals surface area contributed by atoms with Crippen LogP contribution in [0.2, 0.25) is 0 Å². The summed E-state index contributed by atoms with van der Waals surface area (Å²) in [7, 11) is 1.62. The molecule has 7 heteroatoms. The maximum absolute atomic E-state index is 13.3. The van der Waals surface area contributed by atoms with E-state index < -0.39 is 6.03 Å². The highest BCUT2D eigenvalue weighted by atomic mass is 16.5. The van der Waals surface area contributed by atoms with Crippen molar-refractivity contribution in [2.45, 2.75) is 25.9 Å². The molecule has 1 saturated heterocycles. The summed E-state index contributed by atoms with van der Waals surface area (Å²) in [5, 5.41) is 0. The van der Waals surface area contributed by atoms with Gasteiger partial charge in [0.05, 0.1) is 25.3 Å². The summed E-state index contributed by atoms with van der Waals surface area (Å²) in [5.74, 6) is 0.548. The van der Waals surface area contributed by atoms with Gasteiger partial charge >= 0.3 is 6.03 Å². The molecule has 1 aromatic carbocycles. The van der Waals surface area contributed by atoms with Gasteiger partial charge in [-0.15, -0.1) is 0 Å². The topological polar surface area (TPSA) is 88.8 Å². The lowest BCUT2D eigenvalue weighted by Gasteiger charge is -2.34. The van der Waals surface area contributed by atoms with Crippen LogP contribution in [0.3, 0.4) is 0 Å². The van der Waals surface area contributed by atoms with Gasteiger partial charge < -0.3 is 20.3 Å². The summed E-state index contributed by atoms with van der Waals surface area (Å²) in [6.45, 7) is 1.86. The Hall–Kier alpha value is -3.09. The molecule has 0 spiro atoms. The number of benzene rings is 1. The number of carbonyl (C=O) groups excluding carboxylic acids is 2. The van der Waals surface area contributed by atoms with Crippen molar-refractivity contribution in [3.05, 3.63) is 59.9 Å². The Kier molecular flexibility index (Phi) is 6.47. The molecule has 1 aliphatic rings. The summed E-state index contributed by atoms with van der Waals surface area (Å²) in [5.41, 5.74) is 7.25. The number of likely N-dealkylation sites (tertiary alicyclic amines) is 1. The van der Waals surface area contributed by atoms with Crippen LogP contribution in [0.1, 0.15) is 24.1 Å². The number of pyridine rings is 1. The number of methoxy groups -OCH3 is 1. The number of amides is 3. The molecule has 3 rings (SSSR count). The molecular weight excluding hydrogens is 356 g/mol. The van der Waals surface area contributed by atoms with Crippen LogP contribution in [0.4, 0.5) is 4.79 Å². The second-order valence-corrected chi connectivity index (χ2v) is 6.99. The van der Waals surface area contributed by atoms with Crippen LogP contribution in [0, 0.1) is 5.92 Å². The quantitative estimate of drug-likeness (QED) is 0.831. The van der Waals surface area contributed by atoms with E-state index in [0.29, 0.717) is 26.2 Å². The number of ether oxygens (including phenoxy) is 1. The van der Waals surface area contributed by atoms with Crippen LogP contribution >= 0.6 is 0 Å². The lowest BCUT2D eigenvalue weighted by molar-refractivity contribution is -0.138. The molecule has 0 bridgehead atoms. The Balaban J connectivity index is 1.78. The Labute approximate surface area is 165 Å². The molecule has 2 aromatic rings. The molecule has 1 aromatic heterocycles. The van der Waals surface area contributed by atoms with Gasteiger partial charge in [0.15, 0.2) is 0 Å². The summed E-state index contributed by atoms with van der Waals surface area (Å²) in [6, 6.07) is 12.9. The molecule has 0 aliphatic carbocycles. The van der Waals surface area contributed by atoms with E-state index in [-0.39, 0.29) is 11.8 Å². The van der Waals surface area contributed by atoms with Gasteiger partial charge in [0.1, 0.15) is 5.75 Å². The minimum atomic E-state index is -0.469. The second-order valence-electron chi connectivity index (χ2n) is 6.99. The van der Waals surface area contributed by atoms with Crippen LogP contribution < -0.4 is 10.5 Å². The van der Waals surface area contributed by atoms with Gasteiger partial charge in [0.25, 0.3) is 0 Å². The Morgan fingerprint density at radius 2 is 2.00 bits per heavy atom. The van der Waals surface area contributed by atoms with Gasteiger partial charge in [0.2, 0.25) is 5.91 Å². The second kappa shape index (κ2) is 9.21. The highest BCUT2D eigenvalue weighted by Crippen LogP contribution is 2.22. The minimum absolute atomic E-state index is 0.0208. The van der Waals surface area contributed by atoms with Gasteiger partial charge in [-0.25, -0.2) is 4.79 Å². The van der Waals surface area contributed by atoms with Crippen molar-refractivity contribution in [2.75, 3.05) is 20.2 Å². The Morgan fingerprint density at radius 1 is 1.21 bits per heavy atom. The van der Waals surface area contributed by atoms with E-state index in [0.717, 1.165) is 29.8 Å². The average Bonchev–Trinajstić information content (AvgIpc) is 2.74. The zero-order valence-electron chi connectivity index (χ0n) is 16.1. The van der Waals surface area contributed by atoms with E-state index in [9.17, 15) is 9.59 Å². The van der Waals surface area contributed by atoms with Crippen molar-refractivity contribution in [3.63, 3.8) is 0 Å². The van der Waals surface area contributed by atoms with E-state index in [1.807, 2.05) is 42.5 Å². The van der Waals surface area contributed by atoms with Gasteiger partial charge in [-0.3, -0.25) is 9.78 Å². The molecular formula is C21H26N4O3. The molecule has 0 radical (unpaired) electrons. The number of piperidine rings is 1. The minimum Gasteiger partial charge on any atom is -0.497 e. The first kappa shape index (κ1) is 19.7. The molecule has 3 amide bonds. The van der Waals surface area contributed by atoms with Crippen molar-refractivity contribution in [2.24, 2.45) is 11.7 Å². The molecule has 148 valence electrons. The predicted molar refractivity (Wildman–Crippen MR) is 105 cm³/mol. The number of rotatable bonds is 6. The summed E-state index contributed by atoms with van der Waals surface area (Å²) in [6.07, 6.45) is 3.25. The smallest absolute Gasteiger partial charge is 0.314 e. The fourth-order valence-corrected chi connectivity index (χ4v) is 3.49. The first-order chi connectivity index (χ1) is 13.6. The van der Waals surface area contributed by atoms with E-state index in [4.69, 9.17) is 10.5 Å². The van der Waals surface area contributed by atoms with Gasteiger partial charge in [-0.1, -0.05) is 18.2 Å². The summed E-state index contributed by atoms with van der Waals surface area (Å²) in [4.78, 5) is 32.5. The maximum Gasteiger partial charge on any atom is 0.314 e. The van der Waals surface area contributed by atoms with E-state index in [2.05, 4.69) is 4.98 Å². The molecule has 2 N–H and O–H groups in total. The molecule has 0 saturated carbocycles. The van der Waals surface area contributed by atoms with E-state index in [1.54, 1.807) is 23.1 Å². The number of primary amides is 1. The Bertz CT molecular complexity index is 795. The third kappa shape index (κ3) is 5.00. The third-order valence-electron chi connectivity index (χ3n) is 5.01. The number of aromatic nitrogens is 1. The number of hydrogen-bond acceptors (Lipinski definition) is 4. The molecule has 7 nitrogen and oxygen atoms in total. The van der Waals surface area contributed by atoms with Gasteiger partial charge in [-0.2, -0.15) is 0 Å². The van der Waals surface area contributed by atoms with Gasteiger partial charge in [0, 0.05) is 25.8 Å². The number of carbonyl (C=O) groups is 2. The fourth-order valence-electron chi connectivity index (χ4n) is 3.49. The molecule has 2 heterocycles. The fraction of sp³-hybridized carbons (Fsp3) is 0.381. The zero-order valence-corrected chi connectivity index (χ0v) is 16.1. The summed E-state index contributed by atoms with van der Waals surface area (Å²) < 4.78 is 5.21. The van der Waals surface area contributed by atoms with Crippen molar-refractivity contribution < 1.29 is 14.3 Å². The molecule has 1 fully saturated rings. The standard InChI is InChI=1S/C21H26N4O3/c1-28-19-9-7-16(8-10-19)13-25(15-18-6-2-3-11-23-18)20(26)17-5-4-12-24(14-17)21(22)27/h2-3,6-11,17H,4-5,12-15H2,1H3,(H2,22,27). The summed E-state index contributed by atoms with van der Waals surface area (Å²) >= 11 is 0. The average molecular weight is 382 g/mol. The van der Waals surface area contributed by atoms with Crippen LogP contribution in [0.15, 0.2) is 48.7 Å². The largest absolute Gasteiger partial charge is 0.497 e. The lowest BCUT2D eigenvalue weighted by Crippen LogP contribution is -2.48. The highest BCUT2D eigenvalue weighted by Gasteiger charge is 2.30. The van der Waals surface area contributed by atoms with E-state index in [1.165, 1.54) is 0 Å². The van der Waals surface area contributed by atoms with E-state index >= 15 is 0 Å². The number of nitrogens with two attached hydrogens (primary N) is 1. The lowest BCUT2D eigenvalue weighted by atomic mass is 9.96. The van der Waals surface area contributed by atoms with Crippen LogP contribution in [0.25, 0.3) is 0 Å². The van der Waals surface area contributed by atoms with Crippen LogP contribution in [-0.2, 0) is 17.9 Å². The van der Waals surface area contributed by atoms with Crippen LogP contribution in [0.5, 0.6) is 5.75 Å². The predicted octanol–water partition coefficient (Wildman–Crippen LogP) is 2.41. The van der Waals surface area contributed by atoms with Crippen molar-refractivity contribution in [1.82, 2.24) is 14.8 Å². The maximum atomic E-state index is 13.3. The number of nitrogens with zero attached hydrogens (tertiary/aromatic N) is 3. The molecule has 1 aliphatic heterocycles. The van der Waals surface area contributed by atoms with Crippen molar-refractivity contribution in [3.8, 4) is 5.75 Å². The number of urea groups is 1. The molecule has 28 heavy (non-hydrogen) atoms. The normalized spacial score (nSPS) is 16.5. The first-order valence-electron chi connectivity index (χ1n) is 9.43. The number of hydrogen-bond donors (Lipinski definition) is 1. The first-order valence-corrected chi connectivity index (χ1v) is 9.43. The van der Waals surface area contributed by atoms with Crippen molar-refractivity contribution in [1.29, 1.82) is 0 Å². The zero-order chi connectivity index (χ0) is 19.9. The molecule has 1 unspecified atom stereocenters. The SMILES string of the molecule is COc1ccc(CN(Cc2ccccn2)C(=O)C2CCCN(C(N)=O)C2)cc1. The van der Waals surface area contributed by atoms with Gasteiger partial charge in [-0.05, 0) is 42.7 Å². The monoisotopic (exact) mass is 382 g/mol. The third-order valence-corrected chi connectivity index (χ3v) is 5.01. The highest BCUT2D eigenvalue weighted by molar-refractivity contribution is 5.80. The van der Waals surface area contributed by atoms with Crippen LogP contribution in [-0.4, -0.2) is 46.9 Å². The molecule has 1 atom stereocenters. The Morgan fingerprint density at radius 3 is 2.64 bits per heavy atom.